The Balaban J connectivity index is 1.45. The van der Waals surface area contributed by atoms with Gasteiger partial charge in [0.25, 0.3) is 0 Å². The van der Waals surface area contributed by atoms with Crippen molar-refractivity contribution < 1.29 is 4.74 Å². The molecule has 0 aliphatic heterocycles. The number of para-hydroxylation sites is 1. The number of aromatic nitrogens is 3. The third-order valence-electron chi connectivity index (χ3n) is 4.61. The van der Waals surface area contributed by atoms with E-state index < -0.39 is 0 Å². The average molecular weight is 385 g/mol. The van der Waals surface area contributed by atoms with Crippen LogP contribution in [0, 0.1) is 6.92 Å². The molecule has 2 aromatic heterocycles. The number of aryl methyl sites for hydroxylation is 1. The number of hydrogen-bond donors (Lipinski definition) is 2. The van der Waals surface area contributed by atoms with Gasteiger partial charge in [-0.2, -0.15) is 4.98 Å². The predicted molar refractivity (Wildman–Crippen MR) is 117 cm³/mol. The molecule has 0 fully saturated rings. The van der Waals surface area contributed by atoms with E-state index in [1.165, 1.54) is 5.56 Å². The highest BCUT2D eigenvalue weighted by Crippen LogP contribution is 2.23. The van der Waals surface area contributed by atoms with Crippen molar-refractivity contribution in [3.05, 3.63) is 78.1 Å². The highest BCUT2D eigenvalue weighted by molar-refractivity contribution is 5.91. The molecule has 4 rings (SSSR count). The molecular weight excluding hydrogens is 362 g/mol. The minimum Gasteiger partial charge on any atom is -0.497 e. The van der Waals surface area contributed by atoms with E-state index in [9.17, 15) is 0 Å². The molecule has 6 heteroatoms. The van der Waals surface area contributed by atoms with Gasteiger partial charge in [-0.3, -0.25) is 4.98 Å². The quantitative estimate of drug-likeness (QED) is 0.479. The average Bonchev–Trinajstić information content (AvgIpc) is 2.74. The number of nitrogens with one attached hydrogen (secondary N) is 2. The molecule has 0 saturated heterocycles. The molecule has 0 atom stereocenters. The molecule has 0 radical (unpaired) electrons. The Bertz CT molecular complexity index is 1110. The molecule has 0 saturated carbocycles. The Kier molecular flexibility index (Phi) is 5.52. The number of nitrogens with zero attached hydrogens (tertiary/aromatic N) is 3. The first-order chi connectivity index (χ1) is 14.2. The summed E-state index contributed by atoms with van der Waals surface area (Å²) in [6.07, 6.45) is 2.68. The summed E-state index contributed by atoms with van der Waals surface area (Å²) >= 11 is 0. The predicted octanol–water partition coefficient (Wildman–Crippen LogP) is 4.74. The maximum atomic E-state index is 5.20. The molecule has 0 aliphatic carbocycles. The minimum atomic E-state index is 0.551. The first kappa shape index (κ1) is 18.7. The molecule has 2 N–H and O–H groups in total. The summed E-state index contributed by atoms with van der Waals surface area (Å²) in [7, 11) is 1.67. The molecule has 4 aromatic rings. The van der Waals surface area contributed by atoms with Gasteiger partial charge in [0, 0.05) is 29.9 Å². The summed E-state index contributed by atoms with van der Waals surface area (Å²) in [6.45, 7) is 2.74. The smallest absolute Gasteiger partial charge is 0.229 e. The van der Waals surface area contributed by atoms with E-state index in [4.69, 9.17) is 4.74 Å². The van der Waals surface area contributed by atoms with Gasteiger partial charge < -0.3 is 15.4 Å². The summed E-state index contributed by atoms with van der Waals surface area (Å²) in [5.41, 5.74) is 3.92. The van der Waals surface area contributed by atoms with E-state index in [0.29, 0.717) is 5.95 Å². The Morgan fingerprint density at radius 1 is 0.966 bits per heavy atom. The van der Waals surface area contributed by atoms with Gasteiger partial charge in [-0.1, -0.05) is 30.3 Å². The molecular formula is C23H23N5O. The van der Waals surface area contributed by atoms with Crippen molar-refractivity contribution in [2.45, 2.75) is 13.3 Å². The van der Waals surface area contributed by atoms with Gasteiger partial charge >= 0.3 is 0 Å². The summed E-state index contributed by atoms with van der Waals surface area (Å²) in [4.78, 5) is 13.6. The first-order valence-electron chi connectivity index (χ1n) is 9.54. The van der Waals surface area contributed by atoms with Gasteiger partial charge in [-0.05, 0) is 43.2 Å². The number of benzene rings is 2. The molecule has 29 heavy (non-hydrogen) atoms. The second-order valence-electron chi connectivity index (χ2n) is 6.75. The number of ether oxygens (including phenoxy) is 1. The van der Waals surface area contributed by atoms with Crippen molar-refractivity contribution >= 4 is 28.4 Å². The number of fused-ring (bicyclic) bond motifs is 1. The van der Waals surface area contributed by atoms with Crippen molar-refractivity contribution in [2.75, 3.05) is 24.3 Å². The largest absolute Gasteiger partial charge is 0.497 e. The lowest BCUT2D eigenvalue weighted by molar-refractivity contribution is 0.414. The molecule has 0 bridgehead atoms. The van der Waals surface area contributed by atoms with Crippen LogP contribution in [-0.4, -0.2) is 28.6 Å². The van der Waals surface area contributed by atoms with Crippen LogP contribution < -0.4 is 15.4 Å². The van der Waals surface area contributed by atoms with Crippen LogP contribution in [0.3, 0.4) is 0 Å². The van der Waals surface area contributed by atoms with Crippen LogP contribution in [-0.2, 0) is 6.42 Å². The lowest BCUT2D eigenvalue weighted by atomic mass is 10.1. The molecule has 0 unspecified atom stereocenters. The van der Waals surface area contributed by atoms with Gasteiger partial charge in [0.15, 0.2) is 0 Å². The number of methoxy groups -OCH3 is 1. The number of hydrogen-bond acceptors (Lipinski definition) is 6. The summed E-state index contributed by atoms with van der Waals surface area (Å²) < 4.78 is 5.20. The van der Waals surface area contributed by atoms with E-state index in [1.807, 2.05) is 55.5 Å². The molecule has 6 nitrogen and oxygen atoms in total. The van der Waals surface area contributed by atoms with Crippen LogP contribution in [0.5, 0.6) is 5.75 Å². The maximum Gasteiger partial charge on any atom is 0.229 e. The Morgan fingerprint density at radius 3 is 2.62 bits per heavy atom. The fourth-order valence-electron chi connectivity index (χ4n) is 3.17. The van der Waals surface area contributed by atoms with Crippen molar-refractivity contribution in [3.63, 3.8) is 0 Å². The second-order valence-corrected chi connectivity index (χ2v) is 6.75. The Labute approximate surface area is 170 Å². The van der Waals surface area contributed by atoms with E-state index in [1.54, 1.807) is 13.3 Å². The molecule has 146 valence electrons. The summed E-state index contributed by atoms with van der Waals surface area (Å²) in [5, 5.41) is 7.77. The highest BCUT2D eigenvalue weighted by Gasteiger charge is 2.06. The third-order valence-corrected chi connectivity index (χ3v) is 4.61. The lowest BCUT2D eigenvalue weighted by Crippen LogP contribution is -2.09. The fourth-order valence-corrected chi connectivity index (χ4v) is 3.17. The molecule has 0 spiro atoms. The molecule has 2 heterocycles. The number of rotatable bonds is 7. The topological polar surface area (TPSA) is 72.0 Å². The van der Waals surface area contributed by atoms with Crippen LogP contribution in [0.2, 0.25) is 0 Å². The highest BCUT2D eigenvalue weighted by atomic mass is 16.5. The van der Waals surface area contributed by atoms with Crippen LogP contribution in [0.4, 0.5) is 17.5 Å². The summed E-state index contributed by atoms with van der Waals surface area (Å²) in [5.74, 6) is 2.21. The third kappa shape index (κ3) is 4.60. The van der Waals surface area contributed by atoms with Crippen LogP contribution in [0.15, 0.2) is 66.9 Å². The van der Waals surface area contributed by atoms with Crippen molar-refractivity contribution in [2.24, 2.45) is 0 Å². The van der Waals surface area contributed by atoms with Gasteiger partial charge in [0.2, 0.25) is 5.95 Å². The maximum absolute atomic E-state index is 5.20. The van der Waals surface area contributed by atoms with Crippen molar-refractivity contribution in [1.29, 1.82) is 0 Å². The fraction of sp³-hybridized carbons (Fsp3) is 0.174. The second kappa shape index (κ2) is 8.56. The lowest BCUT2D eigenvalue weighted by Gasteiger charge is -2.11. The Hall–Kier alpha value is -3.67. The van der Waals surface area contributed by atoms with E-state index in [2.05, 4.69) is 37.7 Å². The van der Waals surface area contributed by atoms with Crippen molar-refractivity contribution in [3.8, 4) is 5.75 Å². The monoisotopic (exact) mass is 385 g/mol. The van der Waals surface area contributed by atoms with E-state index in [0.717, 1.165) is 46.8 Å². The SMILES string of the molecule is COc1ccc(CCNc2cc(C)nc(Nc3cccc4cccnc34)n2)cc1. The van der Waals surface area contributed by atoms with Crippen molar-refractivity contribution in [1.82, 2.24) is 15.0 Å². The van der Waals surface area contributed by atoms with Gasteiger partial charge in [0.1, 0.15) is 11.6 Å². The van der Waals surface area contributed by atoms with E-state index in [-0.39, 0.29) is 0 Å². The zero-order chi connectivity index (χ0) is 20.1. The molecule has 0 amide bonds. The summed E-state index contributed by atoms with van der Waals surface area (Å²) in [6, 6.07) is 20.0. The first-order valence-corrected chi connectivity index (χ1v) is 9.54. The molecule has 0 aliphatic rings. The zero-order valence-corrected chi connectivity index (χ0v) is 16.5. The number of pyridine rings is 1. The normalized spacial score (nSPS) is 10.7. The van der Waals surface area contributed by atoms with Crippen LogP contribution >= 0.6 is 0 Å². The van der Waals surface area contributed by atoms with E-state index >= 15 is 0 Å². The zero-order valence-electron chi connectivity index (χ0n) is 16.5. The van der Waals surface area contributed by atoms with Crippen LogP contribution in [0.25, 0.3) is 10.9 Å². The molecule has 2 aromatic carbocycles. The Morgan fingerprint density at radius 2 is 1.79 bits per heavy atom. The minimum absolute atomic E-state index is 0.551. The van der Waals surface area contributed by atoms with Crippen LogP contribution in [0.1, 0.15) is 11.3 Å². The standard InChI is InChI=1S/C23H23N5O/c1-16-15-21(24-14-12-17-8-10-19(29-2)11-9-17)28-23(26-16)27-20-7-3-5-18-6-4-13-25-22(18)20/h3-11,13,15H,12,14H2,1-2H3,(H2,24,26,27,28). The van der Waals surface area contributed by atoms with Gasteiger partial charge in [0.05, 0.1) is 18.3 Å². The number of anilines is 3. The van der Waals surface area contributed by atoms with Gasteiger partial charge in [-0.15, -0.1) is 0 Å². The van der Waals surface area contributed by atoms with Gasteiger partial charge in [-0.25, -0.2) is 4.98 Å².